The number of anilines is 1. The van der Waals surface area contributed by atoms with Gasteiger partial charge in [-0.3, -0.25) is 0 Å². The quantitative estimate of drug-likeness (QED) is 0.904. The molecule has 0 amide bonds. The molecule has 1 aliphatic rings. The number of rotatable bonds is 2. The van der Waals surface area contributed by atoms with Crippen molar-refractivity contribution in [3.05, 3.63) is 18.6 Å². The minimum atomic E-state index is -4.39. The number of aromatic nitrogens is 3. The van der Waals surface area contributed by atoms with Crippen LogP contribution < -0.4 is 4.90 Å². The number of fused-ring (bicyclic) bond motifs is 1. The van der Waals surface area contributed by atoms with E-state index in [1.54, 1.807) is 12.3 Å². The van der Waals surface area contributed by atoms with Crippen LogP contribution in [0.3, 0.4) is 0 Å². The highest BCUT2D eigenvalue weighted by Crippen LogP contribution is 2.42. The first-order chi connectivity index (χ1) is 8.97. The fourth-order valence-electron chi connectivity index (χ4n) is 2.25. The topological polar surface area (TPSA) is 54.0 Å². The van der Waals surface area contributed by atoms with Crippen molar-refractivity contribution < 1.29 is 17.9 Å². The second-order valence-electron chi connectivity index (χ2n) is 4.49. The molecule has 102 valence electrons. The van der Waals surface area contributed by atoms with Gasteiger partial charge in [0.15, 0.2) is 5.60 Å². The van der Waals surface area contributed by atoms with Crippen LogP contribution in [0, 0.1) is 0 Å². The molecule has 8 heteroatoms. The highest BCUT2D eigenvalue weighted by Gasteiger charge is 2.63. The van der Waals surface area contributed by atoms with Crippen molar-refractivity contribution in [3.63, 3.8) is 0 Å². The molecule has 19 heavy (non-hydrogen) atoms. The van der Waals surface area contributed by atoms with Gasteiger partial charge in [0.05, 0.1) is 18.5 Å². The number of alkyl halides is 3. The lowest BCUT2D eigenvalue weighted by Crippen LogP contribution is -2.70. The maximum atomic E-state index is 12.9. The van der Waals surface area contributed by atoms with E-state index in [1.165, 1.54) is 11.2 Å². The number of hydrogen-bond donors (Lipinski definition) is 1. The molecule has 0 atom stereocenters. The van der Waals surface area contributed by atoms with Crippen LogP contribution in [0.25, 0.3) is 11.0 Å². The Hall–Kier alpha value is -1.83. The predicted octanol–water partition coefficient (Wildman–Crippen LogP) is 1.73. The Morgan fingerprint density at radius 1 is 1.37 bits per heavy atom. The Morgan fingerprint density at radius 2 is 2.11 bits per heavy atom. The zero-order valence-corrected chi connectivity index (χ0v) is 10.0. The van der Waals surface area contributed by atoms with Gasteiger partial charge in [0.1, 0.15) is 17.8 Å². The van der Waals surface area contributed by atoms with Gasteiger partial charge in [-0.15, -0.1) is 0 Å². The zero-order valence-electron chi connectivity index (χ0n) is 10.0. The van der Waals surface area contributed by atoms with Crippen LogP contribution in [0.2, 0.25) is 0 Å². The van der Waals surface area contributed by atoms with E-state index < -0.39 is 11.8 Å². The summed E-state index contributed by atoms with van der Waals surface area (Å²) >= 11 is 0. The number of nitrogens with one attached hydrogen (secondary N) is 1. The van der Waals surface area contributed by atoms with E-state index in [1.807, 2.05) is 0 Å². The SMILES string of the molecule is COC1(C(F)(F)F)CN(c2ncnc3[nH]ccc23)C1. The van der Waals surface area contributed by atoms with E-state index in [0.29, 0.717) is 16.9 Å². The Labute approximate surface area is 106 Å². The van der Waals surface area contributed by atoms with Gasteiger partial charge < -0.3 is 14.6 Å². The molecule has 0 unspecified atom stereocenters. The lowest BCUT2D eigenvalue weighted by molar-refractivity contribution is -0.277. The summed E-state index contributed by atoms with van der Waals surface area (Å²) in [7, 11) is 1.08. The number of H-pyrrole nitrogens is 1. The molecule has 3 heterocycles. The lowest BCUT2D eigenvalue weighted by atomic mass is 9.93. The first-order valence-electron chi connectivity index (χ1n) is 5.62. The summed E-state index contributed by atoms with van der Waals surface area (Å²) in [6.45, 7) is -0.519. The number of methoxy groups -OCH3 is 1. The third kappa shape index (κ3) is 1.66. The van der Waals surface area contributed by atoms with Gasteiger partial charge >= 0.3 is 6.18 Å². The fourth-order valence-corrected chi connectivity index (χ4v) is 2.25. The van der Waals surface area contributed by atoms with E-state index in [9.17, 15) is 13.2 Å². The summed E-state index contributed by atoms with van der Waals surface area (Å²) in [6.07, 6.45) is -1.38. The predicted molar refractivity (Wildman–Crippen MR) is 61.9 cm³/mol. The number of nitrogens with zero attached hydrogens (tertiary/aromatic N) is 3. The summed E-state index contributed by atoms with van der Waals surface area (Å²) in [5.74, 6) is 0.489. The van der Waals surface area contributed by atoms with Crippen molar-refractivity contribution in [1.29, 1.82) is 0 Å². The van der Waals surface area contributed by atoms with Crippen LogP contribution in [-0.4, -0.2) is 46.9 Å². The van der Waals surface area contributed by atoms with E-state index >= 15 is 0 Å². The second-order valence-corrected chi connectivity index (χ2v) is 4.49. The van der Waals surface area contributed by atoms with E-state index in [4.69, 9.17) is 0 Å². The zero-order chi connectivity index (χ0) is 13.7. The Kier molecular flexibility index (Phi) is 2.46. The van der Waals surface area contributed by atoms with Crippen LogP contribution in [0.15, 0.2) is 18.6 Å². The van der Waals surface area contributed by atoms with Crippen molar-refractivity contribution in [2.24, 2.45) is 0 Å². The minimum absolute atomic E-state index is 0.260. The first-order valence-corrected chi connectivity index (χ1v) is 5.62. The van der Waals surface area contributed by atoms with Crippen molar-refractivity contribution in [2.45, 2.75) is 11.8 Å². The molecule has 0 saturated carbocycles. The molecule has 0 spiro atoms. The first kappa shape index (κ1) is 12.2. The molecule has 0 bridgehead atoms. The van der Waals surface area contributed by atoms with Crippen molar-refractivity contribution in [1.82, 2.24) is 15.0 Å². The molecule has 1 saturated heterocycles. The maximum absolute atomic E-state index is 12.9. The van der Waals surface area contributed by atoms with E-state index in [-0.39, 0.29) is 13.1 Å². The number of ether oxygens (including phenoxy) is 1. The van der Waals surface area contributed by atoms with Gasteiger partial charge in [-0.1, -0.05) is 0 Å². The van der Waals surface area contributed by atoms with Crippen LogP contribution in [0.5, 0.6) is 0 Å². The lowest BCUT2D eigenvalue weighted by Gasteiger charge is -2.49. The summed E-state index contributed by atoms with van der Waals surface area (Å²) in [5.41, 5.74) is -1.49. The average molecular weight is 272 g/mol. The van der Waals surface area contributed by atoms with E-state index in [2.05, 4.69) is 19.7 Å². The molecule has 1 fully saturated rings. The molecule has 1 aliphatic heterocycles. The fraction of sp³-hybridized carbons (Fsp3) is 0.455. The van der Waals surface area contributed by atoms with Crippen molar-refractivity contribution in [2.75, 3.05) is 25.1 Å². The Bertz CT molecular complexity index is 603. The van der Waals surface area contributed by atoms with Gasteiger partial charge in [-0.2, -0.15) is 13.2 Å². The summed E-state index contributed by atoms with van der Waals surface area (Å²) < 4.78 is 43.4. The largest absolute Gasteiger partial charge is 0.420 e. The Balaban J connectivity index is 1.90. The molecule has 5 nitrogen and oxygen atoms in total. The number of halogens is 3. The van der Waals surface area contributed by atoms with Gasteiger partial charge in [-0.05, 0) is 6.07 Å². The van der Waals surface area contributed by atoms with Gasteiger partial charge in [0.25, 0.3) is 0 Å². The van der Waals surface area contributed by atoms with Crippen LogP contribution >= 0.6 is 0 Å². The van der Waals surface area contributed by atoms with Gasteiger partial charge in [0, 0.05) is 13.3 Å². The smallest absolute Gasteiger partial charge is 0.365 e. The van der Waals surface area contributed by atoms with Crippen molar-refractivity contribution >= 4 is 16.9 Å². The maximum Gasteiger partial charge on any atom is 0.420 e. The number of hydrogen-bond acceptors (Lipinski definition) is 4. The molecular weight excluding hydrogens is 261 g/mol. The highest BCUT2D eigenvalue weighted by molar-refractivity contribution is 5.87. The Morgan fingerprint density at radius 3 is 2.74 bits per heavy atom. The third-order valence-corrected chi connectivity index (χ3v) is 3.43. The van der Waals surface area contributed by atoms with Crippen LogP contribution in [-0.2, 0) is 4.74 Å². The standard InChI is InChI=1S/C11H11F3N4O/c1-19-10(11(12,13)14)4-18(5-10)9-7-2-3-15-8(7)16-6-17-9/h2-3,6H,4-5H2,1H3,(H,15,16,17). The monoisotopic (exact) mass is 272 g/mol. The third-order valence-electron chi connectivity index (χ3n) is 3.43. The summed E-state index contributed by atoms with van der Waals surface area (Å²) in [5, 5.41) is 0.703. The van der Waals surface area contributed by atoms with Crippen LogP contribution in [0.4, 0.5) is 19.0 Å². The normalized spacial score (nSPS) is 18.6. The molecule has 0 aromatic carbocycles. The van der Waals surface area contributed by atoms with Crippen LogP contribution in [0.1, 0.15) is 0 Å². The average Bonchev–Trinajstić information content (AvgIpc) is 2.75. The van der Waals surface area contributed by atoms with Gasteiger partial charge in [-0.25, -0.2) is 9.97 Å². The molecule has 1 N–H and O–H groups in total. The minimum Gasteiger partial charge on any atom is -0.365 e. The van der Waals surface area contributed by atoms with E-state index in [0.717, 1.165) is 7.11 Å². The molecular formula is C11H11F3N4O. The summed E-state index contributed by atoms with van der Waals surface area (Å²) in [4.78, 5) is 12.5. The molecule has 2 aromatic heterocycles. The molecule has 3 rings (SSSR count). The molecule has 2 aromatic rings. The molecule has 0 aliphatic carbocycles. The molecule has 0 radical (unpaired) electrons. The highest BCUT2D eigenvalue weighted by atomic mass is 19.4. The summed E-state index contributed by atoms with van der Waals surface area (Å²) in [6, 6.07) is 1.74. The number of aromatic amines is 1. The van der Waals surface area contributed by atoms with Gasteiger partial charge in [0.2, 0.25) is 0 Å². The second kappa shape index (κ2) is 3.83. The van der Waals surface area contributed by atoms with Crippen molar-refractivity contribution in [3.8, 4) is 0 Å².